The van der Waals surface area contributed by atoms with Crippen molar-refractivity contribution in [1.82, 2.24) is 14.8 Å². The van der Waals surface area contributed by atoms with E-state index >= 15 is 0 Å². The zero-order valence-electron chi connectivity index (χ0n) is 12.4. The van der Waals surface area contributed by atoms with Gasteiger partial charge in [0.1, 0.15) is 6.04 Å². The molecule has 0 radical (unpaired) electrons. The molecule has 2 heterocycles. The van der Waals surface area contributed by atoms with E-state index in [-0.39, 0.29) is 11.9 Å². The van der Waals surface area contributed by atoms with Crippen LogP contribution in [-0.4, -0.2) is 58.1 Å². The predicted octanol–water partition coefficient (Wildman–Crippen LogP) is 1.47. The summed E-state index contributed by atoms with van der Waals surface area (Å²) < 4.78 is 0. The number of hydrogen-bond donors (Lipinski definition) is 1. The summed E-state index contributed by atoms with van der Waals surface area (Å²) in [5.74, 6) is -0.920. The number of carbonyl (C=O) groups is 2. The zero-order valence-corrected chi connectivity index (χ0v) is 12.4. The fourth-order valence-corrected chi connectivity index (χ4v) is 2.70. The van der Waals surface area contributed by atoms with Crippen LogP contribution in [0.1, 0.15) is 18.9 Å². The lowest BCUT2D eigenvalue weighted by Gasteiger charge is -2.28. The number of rotatable bonds is 4. The Morgan fingerprint density at radius 1 is 1.43 bits per heavy atom. The molecule has 0 aliphatic carbocycles. The van der Waals surface area contributed by atoms with E-state index in [4.69, 9.17) is 0 Å². The molecule has 2 unspecified atom stereocenters. The highest BCUT2D eigenvalue weighted by atomic mass is 16.4. The number of aromatic nitrogens is 1. The first-order chi connectivity index (χ1) is 10.0. The first kappa shape index (κ1) is 15.3. The van der Waals surface area contributed by atoms with Crippen LogP contribution in [0.5, 0.6) is 0 Å². The summed E-state index contributed by atoms with van der Waals surface area (Å²) in [5.41, 5.74) is 1.11. The van der Waals surface area contributed by atoms with Crippen molar-refractivity contribution >= 4 is 12.0 Å². The standard InChI is InChI=1S/C15H21N3O3/c1-11-5-10-18(13(11)14(19)20)15(21)17(2)9-6-12-3-7-16-8-4-12/h3-4,7-8,11,13H,5-6,9-10H2,1-2H3,(H,19,20). The summed E-state index contributed by atoms with van der Waals surface area (Å²) in [6, 6.07) is 2.91. The molecule has 6 heteroatoms. The average Bonchev–Trinajstić information content (AvgIpc) is 2.87. The molecule has 0 bridgehead atoms. The molecular formula is C15H21N3O3. The predicted molar refractivity (Wildman–Crippen MR) is 77.9 cm³/mol. The molecule has 6 nitrogen and oxygen atoms in total. The summed E-state index contributed by atoms with van der Waals surface area (Å²) in [5, 5.41) is 9.27. The van der Waals surface area contributed by atoms with Gasteiger partial charge in [-0.1, -0.05) is 6.92 Å². The fraction of sp³-hybridized carbons (Fsp3) is 0.533. The van der Waals surface area contributed by atoms with Crippen LogP contribution in [0.3, 0.4) is 0 Å². The molecule has 1 aliphatic rings. The third-order valence-electron chi connectivity index (χ3n) is 4.01. The molecule has 2 amide bonds. The highest BCUT2D eigenvalue weighted by Gasteiger charge is 2.40. The Balaban J connectivity index is 1.94. The highest BCUT2D eigenvalue weighted by Crippen LogP contribution is 2.25. The van der Waals surface area contributed by atoms with Crippen LogP contribution in [-0.2, 0) is 11.2 Å². The van der Waals surface area contributed by atoms with Gasteiger partial charge >= 0.3 is 12.0 Å². The number of carboxylic acid groups (broad SMARTS) is 1. The molecule has 1 aromatic heterocycles. The van der Waals surface area contributed by atoms with E-state index in [9.17, 15) is 14.7 Å². The van der Waals surface area contributed by atoms with Gasteiger partial charge in [-0.2, -0.15) is 0 Å². The van der Waals surface area contributed by atoms with Gasteiger partial charge in [-0.3, -0.25) is 4.98 Å². The molecule has 2 rings (SSSR count). The van der Waals surface area contributed by atoms with Crippen LogP contribution < -0.4 is 0 Å². The van der Waals surface area contributed by atoms with Crippen LogP contribution >= 0.6 is 0 Å². The van der Waals surface area contributed by atoms with Crippen molar-refractivity contribution in [1.29, 1.82) is 0 Å². The smallest absolute Gasteiger partial charge is 0.326 e. The first-order valence-corrected chi connectivity index (χ1v) is 7.14. The van der Waals surface area contributed by atoms with Crippen molar-refractivity contribution < 1.29 is 14.7 Å². The minimum atomic E-state index is -0.920. The van der Waals surface area contributed by atoms with Gasteiger partial charge in [-0.15, -0.1) is 0 Å². The number of carboxylic acids is 1. The van der Waals surface area contributed by atoms with Crippen LogP contribution in [0, 0.1) is 5.92 Å². The normalized spacial score (nSPS) is 21.3. The lowest BCUT2D eigenvalue weighted by Crippen LogP contribution is -2.48. The molecular weight excluding hydrogens is 270 g/mol. The zero-order chi connectivity index (χ0) is 15.4. The van der Waals surface area contributed by atoms with Crippen molar-refractivity contribution in [3.8, 4) is 0 Å². The van der Waals surface area contributed by atoms with Crippen molar-refractivity contribution in [3.63, 3.8) is 0 Å². The largest absolute Gasteiger partial charge is 0.480 e. The van der Waals surface area contributed by atoms with E-state index in [0.717, 1.165) is 18.4 Å². The first-order valence-electron chi connectivity index (χ1n) is 7.14. The monoisotopic (exact) mass is 291 g/mol. The topological polar surface area (TPSA) is 73.7 Å². The number of pyridine rings is 1. The maximum atomic E-state index is 12.4. The Kier molecular flexibility index (Phi) is 4.77. The summed E-state index contributed by atoms with van der Waals surface area (Å²) in [6.07, 6.45) is 4.91. The number of urea groups is 1. The van der Waals surface area contributed by atoms with Gasteiger partial charge in [0.25, 0.3) is 0 Å². The molecule has 1 fully saturated rings. The molecule has 1 N–H and O–H groups in total. The lowest BCUT2D eigenvalue weighted by molar-refractivity contribution is -0.142. The molecule has 0 saturated carbocycles. The minimum absolute atomic E-state index is 0.0000442. The van der Waals surface area contributed by atoms with E-state index in [0.29, 0.717) is 13.1 Å². The molecule has 0 spiro atoms. The van der Waals surface area contributed by atoms with Crippen molar-refractivity contribution in [2.24, 2.45) is 5.92 Å². The minimum Gasteiger partial charge on any atom is -0.480 e. The second kappa shape index (κ2) is 6.56. The molecule has 1 saturated heterocycles. The van der Waals surface area contributed by atoms with Crippen molar-refractivity contribution in [2.75, 3.05) is 20.1 Å². The quantitative estimate of drug-likeness (QED) is 0.911. The van der Waals surface area contributed by atoms with Gasteiger partial charge in [-0.25, -0.2) is 9.59 Å². The van der Waals surface area contributed by atoms with Gasteiger partial charge in [-0.05, 0) is 36.5 Å². The summed E-state index contributed by atoms with van der Waals surface area (Å²) in [4.78, 5) is 30.7. The second-order valence-electron chi connectivity index (χ2n) is 5.55. The fourth-order valence-electron chi connectivity index (χ4n) is 2.70. The molecule has 21 heavy (non-hydrogen) atoms. The summed E-state index contributed by atoms with van der Waals surface area (Å²) in [6.45, 7) is 2.94. The van der Waals surface area contributed by atoms with E-state index in [2.05, 4.69) is 4.98 Å². The van der Waals surface area contributed by atoms with E-state index < -0.39 is 12.0 Å². The Labute approximate surface area is 124 Å². The second-order valence-corrected chi connectivity index (χ2v) is 5.55. The molecule has 1 aliphatic heterocycles. The van der Waals surface area contributed by atoms with Gasteiger partial charge in [0.05, 0.1) is 0 Å². The molecule has 1 aromatic rings. The summed E-state index contributed by atoms with van der Waals surface area (Å²) in [7, 11) is 1.71. The number of likely N-dealkylation sites (N-methyl/N-ethyl adjacent to an activating group) is 1. The van der Waals surface area contributed by atoms with E-state index in [1.165, 1.54) is 4.90 Å². The Hall–Kier alpha value is -2.11. The maximum Gasteiger partial charge on any atom is 0.326 e. The number of likely N-dealkylation sites (tertiary alicyclic amines) is 1. The van der Waals surface area contributed by atoms with Gasteiger partial charge in [0.15, 0.2) is 0 Å². The SMILES string of the molecule is CC1CCN(C(=O)N(C)CCc2ccncc2)C1C(=O)O. The molecule has 2 atom stereocenters. The Morgan fingerprint density at radius 2 is 2.10 bits per heavy atom. The van der Waals surface area contributed by atoms with E-state index in [1.54, 1.807) is 24.3 Å². The number of nitrogens with zero attached hydrogens (tertiary/aromatic N) is 3. The van der Waals surface area contributed by atoms with Gasteiger partial charge in [0, 0.05) is 32.5 Å². The van der Waals surface area contributed by atoms with Crippen LogP contribution in [0.4, 0.5) is 4.79 Å². The number of aliphatic carboxylic acids is 1. The molecule has 0 aromatic carbocycles. The van der Waals surface area contributed by atoms with E-state index in [1.807, 2.05) is 19.1 Å². The summed E-state index contributed by atoms with van der Waals surface area (Å²) >= 11 is 0. The Bertz CT molecular complexity index is 506. The van der Waals surface area contributed by atoms with Crippen LogP contribution in [0.25, 0.3) is 0 Å². The third kappa shape index (κ3) is 3.51. The van der Waals surface area contributed by atoms with Crippen molar-refractivity contribution in [2.45, 2.75) is 25.8 Å². The van der Waals surface area contributed by atoms with Gasteiger partial charge < -0.3 is 14.9 Å². The number of amides is 2. The lowest BCUT2D eigenvalue weighted by atomic mass is 10.0. The molecule has 114 valence electrons. The average molecular weight is 291 g/mol. The number of carbonyl (C=O) groups excluding carboxylic acids is 1. The third-order valence-corrected chi connectivity index (χ3v) is 4.01. The highest BCUT2D eigenvalue weighted by molar-refractivity contribution is 5.83. The maximum absolute atomic E-state index is 12.4. The van der Waals surface area contributed by atoms with Gasteiger partial charge in [0.2, 0.25) is 0 Å². The van der Waals surface area contributed by atoms with Crippen molar-refractivity contribution in [3.05, 3.63) is 30.1 Å². The van der Waals surface area contributed by atoms with Crippen LogP contribution in [0.15, 0.2) is 24.5 Å². The van der Waals surface area contributed by atoms with Crippen LogP contribution in [0.2, 0.25) is 0 Å². The Morgan fingerprint density at radius 3 is 2.71 bits per heavy atom. The number of hydrogen-bond acceptors (Lipinski definition) is 3.